The molecule has 1 saturated carbocycles. The van der Waals surface area contributed by atoms with Gasteiger partial charge in [-0.25, -0.2) is 4.79 Å². The molecular weight excluding hydrogens is 256 g/mol. The van der Waals surface area contributed by atoms with Gasteiger partial charge in [-0.1, -0.05) is 12.8 Å². The summed E-state index contributed by atoms with van der Waals surface area (Å²) >= 11 is 0. The summed E-state index contributed by atoms with van der Waals surface area (Å²) in [4.78, 5) is 11.8. The number of hydrogen-bond acceptors (Lipinski definition) is 3. The first-order chi connectivity index (χ1) is 9.78. The molecule has 0 aromatic heterocycles. The van der Waals surface area contributed by atoms with E-state index in [4.69, 9.17) is 9.47 Å². The highest BCUT2D eigenvalue weighted by atomic mass is 16.5. The fraction of sp³-hybridized carbons (Fsp3) is 0.533. The number of carbonyl (C=O) groups is 1. The van der Waals surface area contributed by atoms with Gasteiger partial charge in [-0.3, -0.25) is 0 Å². The minimum absolute atomic E-state index is 0.134. The molecule has 1 aromatic carbocycles. The summed E-state index contributed by atoms with van der Waals surface area (Å²) < 4.78 is 10.4. The second-order valence-electron chi connectivity index (χ2n) is 4.95. The van der Waals surface area contributed by atoms with Crippen molar-refractivity contribution in [1.82, 2.24) is 5.32 Å². The molecule has 0 unspecified atom stereocenters. The second kappa shape index (κ2) is 7.75. The molecular formula is C15H22N2O3. The zero-order chi connectivity index (χ0) is 14.2. The van der Waals surface area contributed by atoms with Gasteiger partial charge in [0.15, 0.2) is 0 Å². The van der Waals surface area contributed by atoms with Crippen molar-refractivity contribution in [2.24, 2.45) is 0 Å². The number of hydrogen-bond donors (Lipinski definition) is 2. The van der Waals surface area contributed by atoms with E-state index >= 15 is 0 Å². The number of urea groups is 1. The first kappa shape index (κ1) is 14.7. The van der Waals surface area contributed by atoms with Crippen molar-refractivity contribution in [3.63, 3.8) is 0 Å². The predicted molar refractivity (Wildman–Crippen MR) is 78.2 cm³/mol. The Morgan fingerprint density at radius 2 is 1.90 bits per heavy atom. The number of amides is 2. The standard InChI is InChI=1S/C15H22N2O3/c1-19-10-11-20-14-8-6-13(7-9-14)17-15(18)16-12-4-2-3-5-12/h6-9,12H,2-5,10-11H2,1H3,(H2,16,17,18). The Hall–Kier alpha value is -1.75. The molecule has 2 N–H and O–H groups in total. The predicted octanol–water partition coefficient (Wildman–Crippen LogP) is 2.78. The minimum atomic E-state index is -0.134. The van der Waals surface area contributed by atoms with Crippen LogP contribution in [0.4, 0.5) is 10.5 Å². The first-order valence-electron chi connectivity index (χ1n) is 7.07. The lowest BCUT2D eigenvalue weighted by molar-refractivity contribution is 0.146. The van der Waals surface area contributed by atoms with Crippen LogP contribution in [0.1, 0.15) is 25.7 Å². The molecule has 2 rings (SSSR count). The van der Waals surface area contributed by atoms with E-state index in [-0.39, 0.29) is 6.03 Å². The summed E-state index contributed by atoms with van der Waals surface area (Å²) in [6, 6.07) is 7.52. The molecule has 1 aliphatic carbocycles. The Balaban J connectivity index is 1.76. The lowest BCUT2D eigenvalue weighted by Crippen LogP contribution is -2.36. The van der Waals surface area contributed by atoms with Crippen molar-refractivity contribution < 1.29 is 14.3 Å². The van der Waals surface area contributed by atoms with E-state index < -0.39 is 0 Å². The minimum Gasteiger partial charge on any atom is -0.491 e. The molecule has 20 heavy (non-hydrogen) atoms. The lowest BCUT2D eigenvalue weighted by atomic mass is 10.2. The van der Waals surface area contributed by atoms with E-state index in [1.807, 2.05) is 24.3 Å². The molecule has 1 fully saturated rings. The number of anilines is 1. The van der Waals surface area contributed by atoms with Crippen LogP contribution in [-0.4, -0.2) is 32.4 Å². The lowest BCUT2D eigenvalue weighted by Gasteiger charge is -2.13. The van der Waals surface area contributed by atoms with Crippen LogP contribution in [0, 0.1) is 0 Å². The van der Waals surface area contributed by atoms with Gasteiger partial charge in [-0.15, -0.1) is 0 Å². The Morgan fingerprint density at radius 3 is 2.55 bits per heavy atom. The van der Waals surface area contributed by atoms with E-state index in [9.17, 15) is 4.79 Å². The van der Waals surface area contributed by atoms with Crippen LogP contribution in [0.15, 0.2) is 24.3 Å². The molecule has 0 bridgehead atoms. The van der Waals surface area contributed by atoms with Gasteiger partial charge in [-0.05, 0) is 37.1 Å². The summed E-state index contributed by atoms with van der Waals surface area (Å²) in [5.74, 6) is 0.767. The maximum Gasteiger partial charge on any atom is 0.319 e. The molecule has 0 atom stereocenters. The molecule has 1 aromatic rings. The zero-order valence-corrected chi connectivity index (χ0v) is 11.9. The molecule has 1 aliphatic rings. The van der Waals surface area contributed by atoms with E-state index in [1.165, 1.54) is 12.8 Å². The number of methoxy groups -OCH3 is 1. The summed E-state index contributed by atoms with van der Waals surface area (Å²) in [6.45, 7) is 1.08. The summed E-state index contributed by atoms with van der Waals surface area (Å²) in [6.07, 6.45) is 4.58. The van der Waals surface area contributed by atoms with E-state index in [2.05, 4.69) is 10.6 Å². The van der Waals surface area contributed by atoms with Crippen LogP contribution >= 0.6 is 0 Å². The maximum absolute atomic E-state index is 11.8. The van der Waals surface area contributed by atoms with Crippen LogP contribution in [-0.2, 0) is 4.74 Å². The third kappa shape index (κ3) is 4.74. The van der Waals surface area contributed by atoms with Crippen molar-refractivity contribution >= 4 is 11.7 Å². The topological polar surface area (TPSA) is 59.6 Å². The van der Waals surface area contributed by atoms with Gasteiger partial charge in [0, 0.05) is 18.8 Å². The molecule has 0 aliphatic heterocycles. The average molecular weight is 278 g/mol. The van der Waals surface area contributed by atoms with Gasteiger partial charge in [0.05, 0.1) is 6.61 Å². The van der Waals surface area contributed by atoms with Crippen LogP contribution < -0.4 is 15.4 Å². The van der Waals surface area contributed by atoms with Crippen molar-refractivity contribution in [3.05, 3.63) is 24.3 Å². The van der Waals surface area contributed by atoms with Gasteiger partial charge in [-0.2, -0.15) is 0 Å². The summed E-state index contributed by atoms with van der Waals surface area (Å²) in [7, 11) is 1.64. The average Bonchev–Trinajstić information content (AvgIpc) is 2.94. The smallest absolute Gasteiger partial charge is 0.319 e. The van der Waals surface area contributed by atoms with Gasteiger partial charge in [0.25, 0.3) is 0 Å². The van der Waals surface area contributed by atoms with Crippen LogP contribution in [0.3, 0.4) is 0 Å². The van der Waals surface area contributed by atoms with Crippen LogP contribution in [0.5, 0.6) is 5.75 Å². The molecule has 5 heteroatoms. The number of carbonyl (C=O) groups excluding carboxylic acids is 1. The summed E-state index contributed by atoms with van der Waals surface area (Å²) in [5, 5.41) is 5.82. The van der Waals surface area contributed by atoms with E-state index in [0.29, 0.717) is 19.3 Å². The van der Waals surface area contributed by atoms with Gasteiger partial charge < -0.3 is 20.1 Å². The van der Waals surface area contributed by atoms with E-state index in [0.717, 1.165) is 24.3 Å². The number of rotatable bonds is 6. The summed E-state index contributed by atoms with van der Waals surface area (Å²) in [5.41, 5.74) is 0.764. The molecule has 0 saturated heterocycles. The fourth-order valence-corrected chi connectivity index (χ4v) is 2.30. The van der Waals surface area contributed by atoms with Gasteiger partial charge in [0.1, 0.15) is 12.4 Å². The van der Waals surface area contributed by atoms with Crippen molar-refractivity contribution in [2.45, 2.75) is 31.7 Å². The number of ether oxygens (including phenoxy) is 2. The first-order valence-corrected chi connectivity index (χ1v) is 7.07. The Bertz CT molecular complexity index is 414. The Labute approximate surface area is 119 Å². The molecule has 5 nitrogen and oxygen atoms in total. The van der Waals surface area contributed by atoms with Crippen LogP contribution in [0.2, 0.25) is 0 Å². The van der Waals surface area contributed by atoms with Crippen molar-refractivity contribution in [2.75, 3.05) is 25.6 Å². The Kier molecular flexibility index (Phi) is 5.68. The maximum atomic E-state index is 11.8. The third-order valence-corrected chi connectivity index (χ3v) is 3.36. The normalized spacial score (nSPS) is 15.1. The fourth-order valence-electron chi connectivity index (χ4n) is 2.30. The quantitative estimate of drug-likeness (QED) is 0.787. The van der Waals surface area contributed by atoms with Crippen molar-refractivity contribution in [1.29, 1.82) is 0 Å². The SMILES string of the molecule is COCCOc1ccc(NC(=O)NC2CCCC2)cc1. The van der Waals surface area contributed by atoms with Gasteiger partial charge >= 0.3 is 6.03 Å². The highest BCUT2D eigenvalue weighted by Gasteiger charge is 2.16. The van der Waals surface area contributed by atoms with Gasteiger partial charge in [0.2, 0.25) is 0 Å². The molecule has 0 spiro atoms. The molecule has 0 radical (unpaired) electrons. The molecule has 110 valence electrons. The number of nitrogens with one attached hydrogen (secondary N) is 2. The molecule has 0 heterocycles. The zero-order valence-electron chi connectivity index (χ0n) is 11.9. The third-order valence-electron chi connectivity index (χ3n) is 3.36. The van der Waals surface area contributed by atoms with E-state index in [1.54, 1.807) is 7.11 Å². The Morgan fingerprint density at radius 1 is 1.20 bits per heavy atom. The van der Waals surface area contributed by atoms with Crippen molar-refractivity contribution in [3.8, 4) is 5.75 Å². The van der Waals surface area contributed by atoms with Crippen LogP contribution in [0.25, 0.3) is 0 Å². The highest BCUT2D eigenvalue weighted by molar-refractivity contribution is 5.89. The molecule has 2 amide bonds. The highest BCUT2D eigenvalue weighted by Crippen LogP contribution is 2.18. The second-order valence-corrected chi connectivity index (χ2v) is 4.95. The largest absolute Gasteiger partial charge is 0.491 e. The monoisotopic (exact) mass is 278 g/mol. The number of benzene rings is 1.